The number of benzene rings is 1. The summed E-state index contributed by atoms with van der Waals surface area (Å²) in [4.78, 5) is 11.6. The van der Waals surface area contributed by atoms with E-state index in [0.29, 0.717) is 19.7 Å². The lowest BCUT2D eigenvalue weighted by molar-refractivity contribution is 0.358. The normalized spacial score (nSPS) is 14.0. The molecule has 6 heteroatoms. The van der Waals surface area contributed by atoms with Crippen LogP contribution in [0.3, 0.4) is 0 Å². The minimum absolute atomic E-state index is 0.493. The van der Waals surface area contributed by atoms with Crippen LogP contribution in [0.5, 0.6) is 5.75 Å². The zero-order chi connectivity index (χ0) is 20.3. The van der Waals surface area contributed by atoms with Crippen LogP contribution < -0.4 is 20.3 Å². The largest absolute Gasteiger partial charge is 0.489 e. The predicted molar refractivity (Wildman–Crippen MR) is 119 cm³/mol. The van der Waals surface area contributed by atoms with Crippen molar-refractivity contribution in [3.8, 4) is 5.75 Å². The Balaban J connectivity index is 1.63. The maximum absolute atomic E-state index is 5.74. The monoisotopic (exact) mass is 393 g/mol. The van der Waals surface area contributed by atoms with Gasteiger partial charge >= 0.3 is 0 Å². The van der Waals surface area contributed by atoms with E-state index in [4.69, 9.17) is 9.73 Å². The number of guanidine groups is 1. The van der Waals surface area contributed by atoms with Gasteiger partial charge in [-0.1, -0.05) is 30.9 Å². The topological polar surface area (TPSA) is 61.8 Å². The predicted octanol–water partition coefficient (Wildman–Crippen LogP) is 3.50. The number of hydrogen-bond acceptors (Lipinski definition) is 4. The zero-order valence-electron chi connectivity index (χ0n) is 17.2. The second-order valence-electron chi connectivity index (χ2n) is 6.97. The molecule has 1 aliphatic heterocycles. The van der Waals surface area contributed by atoms with Crippen LogP contribution in [0, 0.1) is 0 Å². The molecule has 0 atom stereocenters. The summed E-state index contributed by atoms with van der Waals surface area (Å²) in [5.74, 6) is 2.70. The molecule has 0 aliphatic carbocycles. The van der Waals surface area contributed by atoms with Gasteiger partial charge in [0.2, 0.25) is 0 Å². The van der Waals surface area contributed by atoms with Gasteiger partial charge in [0, 0.05) is 37.9 Å². The Morgan fingerprint density at radius 2 is 2.07 bits per heavy atom. The van der Waals surface area contributed by atoms with Gasteiger partial charge in [0.15, 0.2) is 5.96 Å². The first-order chi connectivity index (χ1) is 14.3. The minimum Gasteiger partial charge on any atom is -0.489 e. The Hall–Kier alpha value is -3.02. The van der Waals surface area contributed by atoms with Crippen LogP contribution in [0.1, 0.15) is 30.9 Å². The van der Waals surface area contributed by atoms with E-state index in [1.54, 1.807) is 6.08 Å². The van der Waals surface area contributed by atoms with Gasteiger partial charge in [0.05, 0.1) is 6.54 Å². The number of anilines is 1. The van der Waals surface area contributed by atoms with Crippen molar-refractivity contribution in [3.05, 3.63) is 66.4 Å². The summed E-state index contributed by atoms with van der Waals surface area (Å²) in [6, 6.07) is 12.2. The molecule has 0 bridgehead atoms. The average Bonchev–Trinajstić information content (AvgIpc) is 3.30. The lowest BCUT2D eigenvalue weighted by Gasteiger charge is -2.17. The van der Waals surface area contributed by atoms with Crippen LogP contribution in [0.25, 0.3) is 0 Å². The third-order valence-corrected chi connectivity index (χ3v) is 4.78. The standard InChI is InChI=1S/C23H31N5O/c1-3-15-29-21-10-6-5-9-20(21)18-27-23(24-4-2)26-17-19-11-12-25-22(16-19)28-13-7-8-14-28/h3,5-6,9-12,16H,1,4,7-8,13-15,17-18H2,2H3,(H2,24,26,27). The number of aromatic nitrogens is 1. The molecule has 2 heterocycles. The highest BCUT2D eigenvalue weighted by atomic mass is 16.5. The zero-order valence-corrected chi connectivity index (χ0v) is 17.2. The number of nitrogens with zero attached hydrogens (tertiary/aromatic N) is 3. The van der Waals surface area contributed by atoms with Crippen molar-refractivity contribution in [1.29, 1.82) is 0 Å². The fourth-order valence-electron chi connectivity index (χ4n) is 3.31. The van der Waals surface area contributed by atoms with Crippen LogP contribution in [0.4, 0.5) is 5.82 Å². The molecule has 0 radical (unpaired) electrons. The number of hydrogen-bond donors (Lipinski definition) is 2. The van der Waals surface area contributed by atoms with Gasteiger partial charge in [-0.2, -0.15) is 0 Å². The summed E-state index contributed by atoms with van der Waals surface area (Å²) >= 11 is 0. The lowest BCUT2D eigenvalue weighted by atomic mass is 10.2. The summed E-state index contributed by atoms with van der Waals surface area (Å²) in [7, 11) is 0. The highest BCUT2D eigenvalue weighted by Crippen LogP contribution is 2.19. The molecule has 6 nitrogen and oxygen atoms in total. The summed E-state index contributed by atoms with van der Waals surface area (Å²) in [6.45, 7) is 10.5. The maximum atomic E-state index is 5.74. The Morgan fingerprint density at radius 3 is 2.86 bits per heavy atom. The van der Waals surface area contributed by atoms with Crippen molar-refractivity contribution in [2.45, 2.75) is 32.9 Å². The average molecular weight is 394 g/mol. The number of ether oxygens (including phenoxy) is 1. The molecule has 2 N–H and O–H groups in total. The molecule has 154 valence electrons. The highest BCUT2D eigenvalue weighted by molar-refractivity contribution is 5.79. The van der Waals surface area contributed by atoms with Gasteiger partial charge in [-0.25, -0.2) is 9.98 Å². The van der Waals surface area contributed by atoms with Gasteiger partial charge in [-0.3, -0.25) is 0 Å². The van der Waals surface area contributed by atoms with Crippen LogP contribution in [0.2, 0.25) is 0 Å². The second-order valence-corrected chi connectivity index (χ2v) is 6.97. The maximum Gasteiger partial charge on any atom is 0.191 e. The fraction of sp³-hybridized carbons (Fsp3) is 0.391. The summed E-state index contributed by atoms with van der Waals surface area (Å²) in [5.41, 5.74) is 2.24. The van der Waals surface area contributed by atoms with E-state index in [-0.39, 0.29) is 0 Å². The van der Waals surface area contributed by atoms with E-state index in [0.717, 1.165) is 48.3 Å². The molecule has 29 heavy (non-hydrogen) atoms. The summed E-state index contributed by atoms with van der Waals surface area (Å²) < 4.78 is 5.74. The molecule has 1 aromatic carbocycles. The quantitative estimate of drug-likeness (QED) is 0.388. The van der Waals surface area contributed by atoms with Crippen molar-refractivity contribution in [1.82, 2.24) is 15.6 Å². The van der Waals surface area contributed by atoms with E-state index >= 15 is 0 Å². The number of rotatable bonds is 9. The number of aliphatic imine (C=N–C) groups is 1. The fourth-order valence-corrected chi connectivity index (χ4v) is 3.31. The van der Waals surface area contributed by atoms with Gasteiger partial charge in [-0.05, 0) is 43.5 Å². The van der Waals surface area contributed by atoms with E-state index < -0.39 is 0 Å². The Morgan fingerprint density at radius 1 is 1.24 bits per heavy atom. The summed E-state index contributed by atoms with van der Waals surface area (Å²) in [5, 5.41) is 6.71. The van der Waals surface area contributed by atoms with Gasteiger partial charge < -0.3 is 20.3 Å². The Bertz CT molecular complexity index is 814. The third kappa shape index (κ3) is 6.24. The van der Waals surface area contributed by atoms with E-state index in [2.05, 4.69) is 46.2 Å². The second kappa shape index (κ2) is 11.1. The number of nitrogens with one attached hydrogen (secondary N) is 2. The molecule has 1 fully saturated rings. The number of pyridine rings is 1. The minimum atomic E-state index is 0.493. The van der Waals surface area contributed by atoms with Crippen LogP contribution in [-0.2, 0) is 13.1 Å². The van der Waals surface area contributed by atoms with Crippen molar-refractivity contribution in [2.75, 3.05) is 31.1 Å². The van der Waals surface area contributed by atoms with Gasteiger partial charge in [0.1, 0.15) is 18.2 Å². The number of para-hydroxylation sites is 1. The van der Waals surface area contributed by atoms with Crippen molar-refractivity contribution >= 4 is 11.8 Å². The molecule has 2 aromatic rings. The molecule has 0 unspecified atom stereocenters. The molecule has 0 amide bonds. The Kier molecular flexibility index (Phi) is 7.92. The first kappa shape index (κ1) is 20.7. The van der Waals surface area contributed by atoms with E-state index in [9.17, 15) is 0 Å². The van der Waals surface area contributed by atoms with Crippen LogP contribution in [0.15, 0.2) is 60.2 Å². The van der Waals surface area contributed by atoms with Crippen molar-refractivity contribution in [3.63, 3.8) is 0 Å². The molecular weight excluding hydrogens is 362 g/mol. The SMILES string of the molecule is C=CCOc1ccccc1CNC(=NCc1ccnc(N2CCCC2)c1)NCC. The molecule has 0 saturated carbocycles. The van der Waals surface area contributed by atoms with Gasteiger partial charge in [-0.15, -0.1) is 0 Å². The first-order valence-corrected chi connectivity index (χ1v) is 10.3. The molecular formula is C23H31N5O. The van der Waals surface area contributed by atoms with E-state index in [1.165, 1.54) is 12.8 Å². The lowest BCUT2D eigenvalue weighted by Crippen LogP contribution is -2.36. The molecule has 1 aliphatic rings. The molecule has 3 rings (SSSR count). The van der Waals surface area contributed by atoms with Crippen molar-refractivity contribution in [2.24, 2.45) is 4.99 Å². The van der Waals surface area contributed by atoms with Gasteiger partial charge in [0.25, 0.3) is 0 Å². The van der Waals surface area contributed by atoms with E-state index in [1.807, 2.05) is 30.5 Å². The third-order valence-electron chi connectivity index (χ3n) is 4.78. The summed E-state index contributed by atoms with van der Waals surface area (Å²) in [6.07, 6.45) is 6.12. The smallest absolute Gasteiger partial charge is 0.191 e. The first-order valence-electron chi connectivity index (χ1n) is 10.3. The Labute approximate surface area is 173 Å². The van der Waals surface area contributed by atoms with Crippen molar-refractivity contribution < 1.29 is 4.74 Å². The molecule has 0 spiro atoms. The highest BCUT2D eigenvalue weighted by Gasteiger charge is 2.13. The molecule has 1 saturated heterocycles. The van der Waals surface area contributed by atoms with Crippen LogP contribution >= 0.6 is 0 Å². The molecule has 1 aromatic heterocycles. The van der Waals surface area contributed by atoms with Crippen LogP contribution in [-0.4, -0.2) is 37.2 Å².